The normalized spacial score (nSPS) is 25.9. The summed E-state index contributed by atoms with van der Waals surface area (Å²) in [6.07, 6.45) is 2.55. The molecule has 3 unspecified atom stereocenters. The molecule has 0 saturated carbocycles. The van der Waals surface area contributed by atoms with Gasteiger partial charge in [0.25, 0.3) is 0 Å². The van der Waals surface area contributed by atoms with Gasteiger partial charge in [-0.25, -0.2) is 0 Å². The maximum Gasteiger partial charge on any atom is 0.123 e. The minimum absolute atomic E-state index is 0.102. The molecule has 1 fully saturated rings. The van der Waals surface area contributed by atoms with E-state index in [4.69, 9.17) is 15.2 Å². The molecular formula is C14H21NO2. The fourth-order valence-corrected chi connectivity index (χ4v) is 2.41. The number of rotatable bonds is 3. The molecule has 1 aliphatic heterocycles. The van der Waals surface area contributed by atoms with Crippen molar-refractivity contribution in [3.05, 3.63) is 29.3 Å². The third kappa shape index (κ3) is 2.61. The second-order valence-electron chi connectivity index (χ2n) is 4.83. The molecule has 1 heterocycles. The highest BCUT2D eigenvalue weighted by Gasteiger charge is 2.29. The lowest BCUT2D eigenvalue weighted by Gasteiger charge is -2.22. The zero-order valence-electron chi connectivity index (χ0n) is 10.8. The second-order valence-corrected chi connectivity index (χ2v) is 4.83. The average molecular weight is 235 g/mol. The van der Waals surface area contributed by atoms with Gasteiger partial charge in [0.1, 0.15) is 5.75 Å². The van der Waals surface area contributed by atoms with Crippen LogP contribution < -0.4 is 10.5 Å². The highest BCUT2D eigenvalue weighted by Crippen LogP contribution is 2.33. The molecule has 17 heavy (non-hydrogen) atoms. The van der Waals surface area contributed by atoms with E-state index in [0.717, 1.165) is 24.2 Å². The summed E-state index contributed by atoms with van der Waals surface area (Å²) in [6.45, 7) is 4.16. The van der Waals surface area contributed by atoms with Crippen LogP contribution in [0, 0.1) is 6.92 Å². The first-order valence-electron chi connectivity index (χ1n) is 6.17. The molecule has 0 spiro atoms. The summed E-state index contributed by atoms with van der Waals surface area (Å²) in [4.78, 5) is 0. The summed E-state index contributed by atoms with van der Waals surface area (Å²) >= 11 is 0. The van der Waals surface area contributed by atoms with Crippen LogP contribution in [0.3, 0.4) is 0 Å². The molecule has 0 aromatic heterocycles. The standard InChI is InChI=1S/C14H21NO2/c1-9-4-6-12(16-3)11(8-9)14(15)13-7-5-10(2)17-13/h4,6,8,10,13-14H,5,7,15H2,1-3H3. The van der Waals surface area contributed by atoms with Crippen molar-refractivity contribution in [3.63, 3.8) is 0 Å². The number of aryl methyl sites for hydroxylation is 1. The molecule has 2 N–H and O–H groups in total. The molecule has 1 aromatic carbocycles. The fraction of sp³-hybridized carbons (Fsp3) is 0.571. The van der Waals surface area contributed by atoms with Crippen LogP contribution in [0.4, 0.5) is 0 Å². The van der Waals surface area contributed by atoms with Gasteiger partial charge in [0.15, 0.2) is 0 Å². The maximum atomic E-state index is 6.30. The van der Waals surface area contributed by atoms with Crippen molar-refractivity contribution >= 4 is 0 Å². The largest absolute Gasteiger partial charge is 0.496 e. The third-order valence-electron chi connectivity index (χ3n) is 3.41. The van der Waals surface area contributed by atoms with Gasteiger partial charge >= 0.3 is 0 Å². The summed E-state index contributed by atoms with van der Waals surface area (Å²) in [5.41, 5.74) is 8.55. The van der Waals surface area contributed by atoms with Gasteiger partial charge in [0, 0.05) is 5.56 Å². The molecule has 2 rings (SSSR count). The topological polar surface area (TPSA) is 44.5 Å². The van der Waals surface area contributed by atoms with Gasteiger partial charge in [-0.2, -0.15) is 0 Å². The molecular weight excluding hydrogens is 214 g/mol. The van der Waals surface area contributed by atoms with Gasteiger partial charge in [-0.15, -0.1) is 0 Å². The third-order valence-corrected chi connectivity index (χ3v) is 3.41. The average Bonchev–Trinajstić information content (AvgIpc) is 2.75. The number of methoxy groups -OCH3 is 1. The van der Waals surface area contributed by atoms with Crippen LogP contribution in [-0.4, -0.2) is 19.3 Å². The van der Waals surface area contributed by atoms with Gasteiger partial charge in [-0.05, 0) is 32.8 Å². The molecule has 1 aliphatic rings. The number of nitrogens with two attached hydrogens (primary N) is 1. The Bertz CT molecular complexity index is 392. The zero-order chi connectivity index (χ0) is 12.4. The van der Waals surface area contributed by atoms with E-state index in [1.165, 1.54) is 5.56 Å². The Kier molecular flexibility index (Phi) is 3.69. The summed E-state index contributed by atoms with van der Waals surface area (Å²) in [6, 6.07) is 6.00. The van der Waals surface area contributed by atoms with Crippen LogP contribution in [0.25, 0.3) is 0 Å². The zero-order valence-corrected chi connectivity index (χ0v) is 10.8. The molecule has 0 amide bonds. The molecule has 1 aromatic rings. The lowest BCUT2D eigenvalue weighted by atomic mass is 9.97. The lowest BCUT2D eigenvalue weighted by Crippen LogP contribution is -2.26. The molecule has 3 atom stereocenters. The smallest absolute Gasteiger partial charge is 0.123 e. The van der Waals surface area contributed by atoms with Crippen LogP contribution >= 0.6 is 0 Å². The van der Waals surface area contributed by atoms with Crippen molar-refractivity contribution in [2.75, 3.05) is 7.11 Å². The summed E-state index contributed by atoms with van der Waals surface area (Å²) in [7, 11) is 1.68. The van der Waals surface area contributed by atoms with Crippen molar-refractivity contribution in [1.29, 1.82) is 0 Å². The second kappa shape index (κ2) is 5.07. The Balaban J connectivity index is 2.23. The SMILES string of the molecule is COc1ccc(C)cc1C(N)C1CCC(C)O1. The van der Waals surface area contributed by atoms with Crippen molar-refractivity contribution in [2.24, 2.45) is 5.73 Å². The number of hydrogen-bond donors (Lipinski definition) is 1. The minimum Gasteiger partial charge on any atom is -0.496 e. The van der Waals surface area contributed by atoms with Crippen molar-refractivity contribution in [1.82, 2.24) is 0 Å². The Hall–Kier alpha value is -1.06. The fourth-order valence-electron chi connectivity index (χ4n) is 2.41. The van der Waals surface area contributed by atoms with E-state index in [9.17, 15) is 0 Å². The molecule has 3 heteroatoms. The molecule has 3 nitrogen and oxygen atoms in total. The first kappa shape index (κ1) is 12.4. The van der Waals surface area contributed by atoms with Gasteiger partial charge in [0.05, 0.1) is 25.4 Å². The van der Waals surface area contributed by atoms with E-state index in [2.05, 4.69) is 19.9 Å². The van der Waals surface area contributed by atoms with Gasteiger partial charge in [-0.1, -0.05) is 17.7 Å². The molecule has 0 aliphatic carbocycles. The Morgan fingerprint density at radius 1 is 1.41 bits per heavy atom. The first-order valence-corrected chi connectivity index (χ1v) is 6.17. The summed E-state index contributed by atoms with van der Waals surface area (Å²) in [5.74, 6) is 0.853. The minimum atomic E-state index is -0.102. The molecule has 0 radical (unpaired) electrons. The maximum absolute atomic E-state index is 6.30. The molecule has 1 saturated heterocycles. The predicted octanol–water partition coefficient (Wildman–Crippen LogP) is 2.57. The quantitative estimate of drug-likeness (QED) is 0.875. The summed E-state index contributed by atoms with van der Waals surface area (Å²) in [5, 5.41) is 0. The Labute approximate surface area is 103 Å². The van der Waals surface area contributed by atoms with Crippen molar-refractivity contribution in [2.45, 2.75) is 44.9 Å². The van der Waals surface area contributed by atoms with E-state index >= 15 is 0 Å². The van der Waals surface area contributed by atoms with E-state index in [1.807, 2.05) is 12.1 Å². The lowest BCUT2D eigenvalue weighted by molar-refractivity contribution is 0.0396. The van der Waals surface area contributed by atoms with Crippen LogP contribution in [0.15, 0.2) is 18.2 Å². The van der Waals surface area contributed by atoms with Crippen LogP contribution in [0.2, 0.25) is 0 Å². The predicted molar refractivity (Wildman–Crippen MR) is 68.2 cm³/mol. The van der Waals surface area contributed by atoms with Crippen LogP contribution in [0.1, 0.15) is 36.9 Å². The van der Waals surface area contributed by atoms with Gasteiger partial charge in [0.2, 0.25) is 0 Å². The van der Waals surface area contributed by atoms with E-state index in [0.29, 0.717) is 6.10 Å². The van der Waals surface area contributed by atoms with Gasteiger partial charge < -0.3 is 15.2 Å². The summed E-state index contributed by atoms with van der Waals surface area (Å²) < 4.78 is 11.2. The molecule has 0 bridgehead atoms. The highest BCUT2D eigenvalue weighted by molar-refractivity contribution is 5.39. The van der Waals surface area contributed by atoms with Crippen LogP contribution in [0.5, 0.6) is 5.75 Å². The van der Waals surface area contributed by atoms with E-state index in [1.54, 1.807) is 7.11 Å². The Morgan fingerprint density at radius 3 is 2.76 bits per heavy atom. The van der Waals surface area contributed by atoms with E-state index < -0.39 is 0 Å². The van der Waals surface area contributed by atoms with Crippen molar-refractivity contribution < 1.29 is 9.47 Å². The van der Waals surface area contributed by atoms with Crippen molar-refractivity contribution in [3.8, 4) is 5.75 Å². The molecule has 94 valence electrons. The van der Waals surface area contributed by atoms with Crippen LogP contribution in [-0.2, 0) is 4.74 Å². The van der Waals surface area contributed by atoms with Gasteiger partial charge in [-0.3, -0.25) is 0 Å². The number of hydrogen-bond acceptors (Lipinski definition) is 3. The van der Waals surface area contributed by atoms with E-state index in [-0.39, 0.29) is 12.1 Å². The number of ether oxygens (including phenoxy) is 2. The monoisotopic (exact) mass is 235 g/mol. The Morgan fingerprint density at radius 2 is 2.18 bits per heavy atom. The first-order chi connectivity index (χ1) is 8.11. The number of benzene rings is 1. The highest BCUT2D eigenvalue weighted by atomic mass is 16.5.